The molecule has 0 aliphatic heterocycles. The summed E-state index contributed by atoms with van der Waals surface area (Å²) in [6.45, 7) is 2.03. The van der Waals surface area contributed by atoms with Gasteiger partial charge in [-0.3, -0.25) is 5.43 Å². The third-order valence-electron chi connectivity index (χ3n) is 3.28. The molecule has 0 spiro atoms. The number of aryl methyl sites for hydroxylation is 1. The second-order valence-electron chi connectivity index (χ2n) is 4.92. The van der Waals surface area contributed by atoms with Gasteiger partial charge in [-0.05, 0) is 19.1 Å². The predicted octanol–water partition coefficient (Wildman–Crippen LogP) is 6.52. The Morgan fingerprint density at radius 1 is 1.04 bits per heavy atom. The SMILES string of the molecule is Cc1sc(N/N=C/c2c(Cl)ccc(Cl)c2Cl)nc1-c1ccccc1. The number of thiazole rings is 1. The van der Waals surface area contributed by atoms with Crippen molar-refractivity contribution in [1.82, 2.24) is 4.98 Å². The summed E-state index contributed by atoms with van der Waals surface area (Å²) in [5, 5.41) is 6.14. The highest BCUT2D eigenvalue weighted by Crippen LogP contribution is 2.31. The molecule has 0 atom stereocenters. The lowest BCUT2D eigenvalue weighted by atomic mass is 10.1. The molecule has 2 aromatic carbocycles. The number of anilines is 1. The quantitative estimate of drug-likeness (QED) is 0.309. The average Bonchev–Trinajstić information content (AvgIpc) is 2.96. The number of hydrogen-bond acceptors (Lipinski definition) is 4. The van der Waals surface area contributed by atoms with Crippen molar-refractivity contribution in [2.24, 2.45) is 5.10 Å². The van der Waals surface area contributed by atoms with Gasteiger partial charge in [0.15, 0.2) is 0 Å². The molecule has 0 amide bonds. The van der Waals surface area contributed by atoms with Crippen LogP contribution < -0.4 is 5.43 Å². The van der Waals surface area contributed by atoms with Gasteiger partial charge in [0, 0.05) is 16.0 Å². The van der Waals surface area contributed by atoms with Crippen LogP contribution in [0.2, 0.25) is 15.1 Å². The van der Waals surface area contributed by atoms with Crippen molar-refractivity contribution < 1.29 is 0 Å². The summed E-state index contributed by atoms with van der Waals surface area (Å²) < 4.78 is 0. The molecule has 0 saturated carbocycles. The standard InChI is InChI=1S/C17H12Cl3N3S/c1-10-16(11-5-3-2-4-6-11)22-17(24-10)23-21-9-12-13(18)7-8-14(19)15(12)20/h2-9H,1H3,(H,22,23)/b21-9+. The molecule has 1 N–H and O–H groups in total. The van der Waals surface area contributed by atoms with Crippen LogP contribution in [0, 0.1) is 6.92 Å². The molecule has 0 aliphatic rings. The van der Waals surface area contributed by atoms with Crippen LogP contribution in [-0.4, -0.2) is 11.2 Å². The molecule has 7 heteroatoms. The van der Waals surface area contributed by atoms with Gasteiger partial charge < -0.3 is 0 Å². The minimum atomic E-state index is 0.370. The van der Waals surface area contributed by atoms with Crippen molar-refractivity contribution in [2.75, 3.05) is 5.43 Å². The van der Waals surface area contributed by atoms with Gasteiger partial charge in [0.25, 0.3) is 0 Å². The monoisotopic (exact) mass is 395 g/mol. The fourth-order valence-electron chi connectivity index (χ4n) is 2.12. The summed E-state index contributed by atoms with van der Waals surface area (Å²) in [5.41, 5.74) is 5.49. The van der Waals surface area contributed by atoms with Crippen molar-refractivity contribution >= 4 is 57.5 Å². The molecule has 0 fully saturated rings. The van der Waals surface area contributed by atoms with Crippen molar-refractivity contribution in [1.29, 1.82) is 0 Å². The smallest absolute Gasteiger partial charge is 0.204 e. The van der Waals surface area contributed by atoms with E-state index in [-0.39, 0.29) is 0 Å². The van der Waals surface area contributed by atoms with Gasteiger partial charge in [-0.25, -0.2) is 4.98 Å². The van der Waals surface area contributed by atoms with Crippen LogP contribution in [0.15, 0.2) is 47.6 Å². The van der Waals surface area contributed by atoms with Crippen LogP contribution in [0.4, 0.5) is 5.13 Å². The van der Waals surface area contributed by atoms with E-state index in [0.717, 1.165) is 16.1 Å². The van der Waals surface area contributed by atoms with E-state index in [1.54, 1.807) is 12.1 Å². The Hall–Kier alpha value is -1.59. The zero-order chi connectivity index (χ0) is 17.1. The van der Waals surface area contributed by atoms with Crippen molar-refractivity contribution in [3.05, 3.63) is 68.0 Å². The number of nitrogens with one attached hydrogen (secondary N) is 1. The molecule has 0 bridgehead atoms. The first-order valence-corrected chi connectivity index (χ1v) is 8.96. The number of halogens is 3. The summed E-state index contributed by atoms with van der Waals surface area (Å²) in [7, 11) is 0. The maximum atomic E-state index is 6.14. The fraction of sp³-hybridized carbons (Fsp3) is 0.0588. The van der Waals surface area contributed by atoms with E-state index in [9.17, 15) is 0 Å². The highest BCUT2D eigenvalue weighted by atomic mass is 35.5. The molecule has 0 unspecified atom stereocenters. The first-order valence-electron chi connectivity index (χ1n) is 7.01. The molecule has 122 valence electrons. The van der Waals surface area contributed by atoms with Gasteiger partial charge in [-0.1, -0.05) is 65.1 Å². The predicted molar refractivity (Wildman–Crippen MR) is 105 cm³/mol. The third-order valence-corrected chi connectivity index (χ3v) is 5.30. The first-order chi connectivity index (χ1) is 11.6. The normalized spacial score (nSPS) is 11.2. The van der Waals surface area contributed by atoms with E-state index >= 15 is 0 Å². The molecule has 3 aromatic rings. The highest BCUT2D eigenvalue weighted by Gasteiger charge is 2.10. The second-order valence-corrected chi connectivity index (χ2v) is 7.31. The Morgan fingerprint density at radius 2 is 1.75 bits per heavy atom. The minimum absolute atomic E-state index is 0.370. The first kappa shape index (κ1) is 17.2. The molecule has 3 nitrogen and oxygen atoms in total. The summed E-state index contributed by atoms with van der Waals surface area (Å²) >= 11 is 19.8. The van der Waals surface area contributed by atoms with E-state index in [4.69, 9.17) is 34.8 Å². The van der Waals surface area contributed by atoms with Gasteiger partial charge in [0.2, 0.25) is 5.13 Å². The lowest BCUT2D eigenvalue weighted by Gasteiger charge is -2.02. The number of hydrogen-bond donors (Lipinski definition) is 1. The van der Waals surface area contributed by atoms with Gasteiger partial charge >= 0.3 is 0 Å². The van der Waals surface area contributed by atoms with Crippen molar-refractivity contribution in [3.8, 4) is 11.3 Å². The van der Waals surface area contributed by atoms with Crippen LogP contribution in [0.25, 0.3) is 11.3 Å². The number of nitrogens with zero attached hydrogens (tertiary/aromatic N) is 2. The topological polar surface area (TPSA) is 37.3 Å². The molecule has 1 aromatic heterocycles. The summed E-state index contributed by atoms with van der Waals surface area (Å²) in [6, 6.07) is 13.3. The van der Waals surface area contributed by atoms with Crippen LogP contribution >= 0.6 is 46.1 Å². The molecule has 0 saturated heterocycles. The Kier molecular flexibility index (Phi) is 5.41. The maximum Gasteiger partial charge on any atom is 0.204 e. The largest absolute Gasteiger partial charge is 0.253 e. The van der Waals surface area contributed by atoms with Crippen molar-refractivity contribution in [3.63, 3.8) is 0 Å². The van der Waals surface area contributed by atoms with Crippen LogP contribution in [0.5, 0.6) is 0 Å². The van der Waals surface area contributed by atoms with Crippen molar-refractivity contribution in [2.45, 2.75) is 6.92 Å². The van der Waals surface area contributed by atoms with Crippen LogP contribution in [-0.2, 0) is 0 Å². The summed E-state index contributed by atoms with van der Waals surface area (Å²) in [5.74, 6) is 0. The number of aromatic nitrogens is 1. The van der Waals surface area contributed by atoms with E-state index in [1.165, 1.54) is 17.6 Å². The lowest BCUT2D eigenvalue weighted by Crippen LogP contribution is -1.92. The third kappa shape index (κ3) is 3.73. The van der Waals surface area contributed by atoms with E-state index in [2.05, 4.69) is 15.5 Å². The van der Waals surface area contributed by atoms with Gasteiger partial charge in [0.05, 0.1) is 27.0 Å². The van der Waals surface area contributed by atoms with E-state index in [1.807, 2.05) is 37.3 Å². The number of hydrazone groups is 1. The second kappa shape index (κ2) is 7.53. The Balaban J connectivity index is 1.80. The van der Waals surface area contributed by atoms with Gasteiger partial charge in [-0.2, -0.15) is 5.10 Å². The molecule has 3 rings (SSSR count). The molecule has 24 heavy (non-hydrogen) atoms. The molecular weight excluding hydrogens is 385 g/mol. The molecule has 0 aliphatic carbocycles. The van der Waals surface area contributed by atoms with E-state index in [0.29, 0.717) is 25.8 Å². The maximum absolute atomic E-state index is 6.14. The average molecular weight is 397 g/mol. The molecule has 0 radical (unpaired) electrons. The highest BCUT2D eigenvalue weighted by molar-refractivity contribution is 7.16. The number of rotatable bonds is 4. The Bertz CT molecular complexity index is 892. The fourth-order valence-corrected chi connectivity index (χ4v) is 3.54. The Labute approximate surface area is 158 Å². The Morgan fingerprint density at radius 3 is 2.50 bits per heavy atom. The van der Waals surface area contributed by atoms with Gasteiger partial charge in [0.1, 0.15) is 0 Å². The molecular formula is C17H12Cl3N3S. The van der Waals surface area contributed by atoms with Gasteiger partial charge in [-0.15, -0.1) is 11.3 Å². The zero-order valence-electron chi connectivity index (χ0n) is 12.6. The zero-order valence-corrected chi connectivity index (χ0v) is 15.6. The molecule has 1 heterocycles. The number of benzene rings is 2. The summed E-state index contributed by atoms with van der Waals surface area (Å²) in [6.07, 6.45) is 1.54. The van der Waals surface area contributed by atoms with E-state index < -0.39 is 0 Å². The lowest BCUT2D eigenvalue weighted by molar-refractivity contribution is 1.28. The minimum Gasteiger partial charge on any atom is -0.253 e. The van der Waals surface area contributed by atoms with Crippen LogP contribution in [0.1, 0.15) is 10.4 Å². The summed E-state index contributed by atoms with van der Waals surface area (Å²) in [4.78, 5) is 5.68. The van der Waals surface area contributed by atoms with Crippen LogP contribution in [0.3, 0.4) is 0 Å².